The first-order chi connectivity index (χ1) is 20.1. The highest BCUT2D eigenvalue weighted by atomic mass is 19.4. The first-order valence-electron chi connectivity index (χ1n) is 14.9. The number of aliphatic imine (C=N–C) groups is 1. The van der Waals surface area contributed by atoms with Gasteiger partial charge in [0.2, 0.25) is 0 Å². The van der Waals surface area contributed by atoms with Crippen LogP contribution < -0.4 is 5.48 Å². The molecular formula is C30H43F5N2O6. The SMILES string of the molecule is CCCCCCC=C1C[C@H](CC2C(=O)N=C(NOC(=O)C(F)(F)C(F)(F)F)C=CC2C)O[C@@H]1COC(=O)[C@H](C)C(C)CC. The van der Waals surface area contributed by atoms with E-state index in [1.807, 2.05) is 20.8 Å². The highest BCUT2D eigenvalue weighted by Gasteiger charge is 2.65. The Balaban J connectivity index is 2.08. The maximum atomic E-state index is 13.2. The molecule has 13 heteroatoms. The summed E-state index contributed by atoms with van der Waals surface area (Å²) in [5.41, 5.74) is 2.61. The molecule has 2 aliphatic heterocycles. The molecule has 0 aromatic rings. The standard InChI is InChI=1S/C30H43F5N2O6/c1-6-8-9-10-11-12-21-15-22(42-24(21)17-41-27(39)20(5)18(3)7-2)16-23-19(4)13-14-25(36-26(23)38)37-43-28(40)29(31,32)30(33,34)35/h12-14,18-20,22-24H,6-11,15-17H2,1-5H3,(H,36,37,38)/t18?,19?,20-,22-,23?,24-/m1/s1. The van der Waals surface area contributed by atoms with Gasteiger partial charge in [0, 0.05) is 5.92 Å². The van der Waals surface area contributed by atoms with Gasteiger partial charge in [0.15, 0.2) is 5.84 Å². The number of carbonyl (C=O) groups excluding carboxylic acids is 3. The Morgan fingerprint density at radius 2 is 1.86 bits per heavy atom. The number of ether oxygens (including phenoxy) is 2. The average Bonchev–Trinajstić information content (AvgIpc) is 3.28. The van der Waals surface area contributed by atoms with Crippen molar-refractivity contribution in [1.82, 2.24) is 5.48 Å². The number of halogens is 5. The highest BCUT2D eigenvalue weighted by molar-refractivity contribution is 6.02. The minimum absolute atomic E-state index is 0.0467. The molecule has 0 aliphatic carbocycles. The normalized spacial score (nSPS) is 25.2. The van der Waals surface area contributed by atoms with Crippen LogP contribution in [0.15, 0.2) is 28.8 Å². The van der Waals surface area contributed by atoms with Gasteiger partial charge in [-0.2, -0.15) is 26.9 Å². The summed E-state index contributed by atoms with van der Waals surface area (Å²) in [6.45, 7) is 9.72. The molecule has 1 fully saturated rings. The fourth-order valence-electron chi connectivity index (χ4n) is 4.77. The summed E-state index contributed by atoms with van der Waals surface area (Å²) in [7, 11) is 0. The summed E-state index contributed by atoms with van der Waals surface area (Å²) in [5, 5.41) is 0. The van der Waals surface area contributed by atoms with Gasteiger partial charge in [-0.1, -0.05) is 72.5 Å². The molecule has 1 saturated heterocycles. The van der Waals surface area contributed by atoms with E-state index in [0.717, 1.165) is 44.1 Å². The third kappa shape index (κ3) is 10.4. The third-order valence-corrected chi connectivity index (χ3v) is 8.06. The molecule has 0 saturated carbocycles. The number of esters is 1. The molecule has 2 rings (SSSR count). The van der Waals surface area contributed by atoms with E-state index in [1.165, 1.54) is 12.2 Å². The minimum Gasteiger partial charge on any atom is -0.462 e. The van der Waals surface area contributed by atoms with Crippen LogP contribution >= 0.6 is 0 Å². The zero-order chi connectivity index (χ0) is 32.4. The van der Waals surface area contributed by atoms with Gasteiger partial charge in [0.1, 0.15) is 12.7 Å². The van der Waals surface area contributed by atoms with Crippen LogP contribution in [0, 0.1) is 23.7 Å². The van der Waals surface area contributed by atoms with Crippen LogP contribution in [0.4, 0.5) is 22.0 Å². The zero-order valence-electron chi connectivity index (χ0n) is 25.3. The molecule has 3 unspecified atom stereocenters. The topological polar surface area (TPSA) is 103 Å². The Morgan fingerprint density at radius 3 is 2.49 bits per heavy atom. The number of allylic oxidation sites excluding steroid dienone is 2. The average molecular weight is 623 g/mol. The molecule has 0 radical (unpaired) electrons. The van der Waals surface area contributed by atoms with Crippen LogP contribution in [-0.4, -0.2) is 54.6 Å². The quantitative estimate of drug-likeness (QED) is 0.0807. The molecule has 0 aromatic carbocycles. The van der Waals surface area contributed by atoms with Crippen LogP contribution in [0.1, 0.15) is 86.0 Å². The van der Waals surface area contributed by atoms with E-state index in [4.69, 9.17) is 9.47 Å². The second-order valence-electron chi connectivity index (χ2n) is 11.3. The lowest BCUT2D eigenvalue weighted by atomic mass is 9.87. The van der Waals surface area contributed by atoms with E-state index in [2.05, 4.69) is 22.8 Å². The predicted octanol–water partition coefficient (Wildman–Crippen LogP) is 6.65. The smallest absolute Gasteiger partial charge is 0.462 e. The van der Waals surface area contributed by atoms with Crippen LogP contribution in [0.3, 0.4) is 0 Å². The van der Waals surface area contributed by atoms with Gasteiger partial charge in [0.25, 0.3) is 5.91 Å². The first kappa shape index (κ1) is 36.4. The molecule has 244 valence electrons. The largest absolute Gasteiger partial charge is 0.465 e. The Hall–Kier alpha value is -2.83. The van der Waals surface area contributed by atoms with Crippen molar-refractivity contribution in [1.29, 1.82) is 0 Å². The molecule has 0 bridgehead atoms. The monoisotopic (exact) mass is 622 g/mol. The molecule has 6 atom stereocenters. The number of nitrogens with zero attached hydrogens (tertiary/aromatic N) is 1. The number of unbranched alkanes of at least 4 members (excludes halogenated alkanes) is 4. The van der Waals surface area contributed by atoms with Gasteiger partial charge in [-0.05, 0) is 49.2 Å². The molecule has 43 heavy (non-hydrogen) atoms. The summed E-state index contributed by atoms with van der Waals surface area (Å²) in [6.07, 6.45) is 4.52. The van der Waals surface area contributed by atoms with Crippen molar-refractivity contribution in [3.05, 3.63) is 23.8 Å². The third-order valence-electron chi connectivity index (χ3n) is 8.06. The lowest BCUT2D eigenvalue weighted by Gasteiger charge is -2.22. The van der Waals surface area contributed by atoms with E-state index >= 15 is 0 Å². The van der Waals surface area contributed by atoms with Crippen molar-refractivity contribution in [3.63, 3.8) is 0 Å². The van der Waals surface area contributed by atoms with Crippen molar-refractivity contribution in [2.24, 2.45) is 28.7 Å². The molecular weight excluding hydrogens is 579 g/mol. The molecule has 0 spiro atoms. The number of hydrogen-bond donors (Lipinski definition) is 1. The van der Waals surface area contributed by atoms with Gasteiger partial charge in [-0.25, -0.2) is 10.3 Å². The summed E-state index contributed by atoms with van der Waals surface area (Å²) >= 11 is 0. The van der Waals surface area contributed by atoms with E-state index in [0.29, 0.717) is 6.42 Å². The number of alkyl halides is 5. The fraction of sp³-hybridized carbons (Fsp3) is 0.733. The number of hydrogen-bond acceptors (Lipinski definition) is 7. The van der Waals surface area contributed by atoms with E-state index in [-0.39, 0.29) is 30.8 Å². The first-order valence-corrected chi connectivity index (χ1v) is 14.9. The van der Waals surface area contributed by atoms with Gasteiger partial charge < -0.3 is 14.3 Å². The lowest BCUT2D eigenvalue weighted by Crippen LogP contribution is -2.47. The number of nitrogens with one attached hydrogen (secondary N) is 1. The molecule has 8 nitrogen and oxygen atoms in total. The van der Waals surface area contributed by atoms with Gasteiger partial charge in [0.05, 0.1) is 12.0 Å². The second kappa shape index (κ2) is 16.3. The Labute approximate surface area is 249 Å². The van der Waals surface area contributed by atoms with E-state index in [9.17, 15) is 36.3 Å². The van der Waals surface area contributed by atoms with Crippen molar-refractivity contribution >= 4 is 23.7 Å². The summed E-state index contributed by atoms with van der Waals surface area (Å²) < 4.78 is 75.4. The Kier molecular flexibility index (Phi) is 13.8. The fourth-order valence-corrected chi connectivity index (χ4v) is 4.77. The molecule has 1 N–H and O–H groups in total. The van der Waals surface area contributed by atoms with Crippen molar-refractivity contribution in [2.75, 3.05) is 6.61 Å². The van der Waals surface area contributed by atoms with Crippen LogP contribution in [0.5, 0.6) is 0 Å². The lowest BCUT2D eigenvalue weighted by molar-refractivity contribution is -0.282. The summed E-state index contributed by atoms with van der Waals surface area (Å²) in [6, 6.07) is 0. The number of amides is 1. The molecule has 2 heterocycles. The van der Waals surface area contributed by atoms with Crippen LogP contribution in [-0.2, 0) is 28.7 Å². The zero-order valence-corrected chi connectivity index (χ0v) is 25.3. The number of hydroxylamine groups is 1. The second-order valence-corrected chi connectivity index (χ2v) is 11.3. The Bertz CT molecular complexity index is 1060. The van der Waals surface area contributed by atoms with E-state index in [1.54, 1.807) is 12.4 Å². The summed E-state index contributed by atoms with van der Waals surface area (Å²) in [4.78, 5) is 44.4. The van der Waals surface area contributed by atoms with Crippen molar-refractivity contribution < 1.29 is 50.6 Å². The van der Waals surface area contributed by atoms with Gasteiger partial charge in [-0.3, -0.25) is 9.59 Å². The maximum Gasteiger partial charge on any atom is 0.465 e. The molecule has 0 aromatic heterocycles. The number of amidine groups is 1. The molecule has 1 amide bonds. The summed E-state index contributed by atoms with van der Waals surface area (Å²) in [5.74, 6) is -11.3. The minimum atomic E-state index is -6.14. The number of carbonyl (C=O) groups is 3. The predicted molar refractivity (Wildman–Crippen MR) is 149 cm³/mol. The van der Waals surface area contributed by atoms with E-state index < -0.39 is 53.9 Å². The van der Waals surface area contributed by atoms with Crippen molar-refractivity contribution in [2.45, 2.75) is 110 Å². The van der Waals surface area contributed by atoms with Gasteiger partial charge in [-0.15, -0.1) is 0 Å². The van der Waals surface area contributed by atoms with Crippen molar-refractivity contribution in [3.8, 4) is 0 Å². The Morgan fingerprint density at radius 1 is 1.16 bits per heavy atom. The van der Waals surface area contributed by atoms with Gasteiger partial charge >= 0.3 is 24.0 Å². The van der Waals surface area contributed by atoms with Crippen LogP contribution in [0.2, 0.25) is 0 Å². The van der Waals surface area contributed by atoms with Crippen LogP contribution in [0.25, 0.3) is 0 Å². The molecule has 2 aliphatic rings. The highest BCUT2D eigenvalue weighted by Crippen LogP contribution is 2.36. The maximum absolute atomic E-state index is 13.2. The number of rotatable bonds is 13.